The summed E-state index contributed by atoms with van der Waals surface area (Å²) in [5.74, 6) is 0.326. The zero-order valence-corrected chi connectivity index (χ0v) is 13.8. The lowest BCUT2D eigenvalue weighted by Gasteiger charge is -2.13. The fourth-order valence-corrected chi connectivity index (χ4v) is 2.46. The molecule has 0 saturated heterocycles. The number of amides is 1. The summed E-state index contributed by atoms with van der Waals surface area (Å²) >= 11 is 12.0. The zero-order chi connectivity index (χ0) is 16.1. The van der Waals surface area contributed by atoms with Crippen molar-refractivity contribution in [3.63, 3.8) is 0 Å². The number of aryl methyl sites for hydroxylation is 1. The van der Waals surface area contributed by atoms with E-state index in [-0.39, 0.29) is 12.5 Å². The van der Waals surface area contributed by atoms with E-state index in [0.29, 0.717) is 21.5 Å². The molecule has 6 heteroatoms. The van der Waals surface area contributed by atoms with Crippen LogP contribution in [-0.2, 0) is 4.79 Å². The van der Waals surface area contributed by atoms with Crippen LogP contribution in [-0.4, -0.2) is 19.6 Å². The summed E-state index contributed by atoms with van der Waals surface area (Å²) in [5, 5.41) is 6.89. The van der Waals surface area contributed by atoms with E-state index in [9.17, 15) is 4.79 Å². The molecule has 0 aliphatic carbocycles. The molecule has 0 bridgehead atoms. The van der Waals surface area contributed by atoms with E-state index in [4.69, 9.17) is 27.9 Å². The number of methoxy groups -OCH3 is 1. The minimum absolute atomic E-state index is 0.0836. The Hall–Kier alpha value is -1.91. The predicted octanol–water partition coefficient (Wildman–Crippen LogP) is 4.36. The normalized spacial score (nSPS) is 10.2. The number of rotatable bonds is 5. The molecule has 0 aliphatic rings. The van der Waals surface area contributed by atoms with Gasteiger partial charge in [-0.3, -0.25) is 4.79 Å². The second-order valence-corrected chi connectivity index (χ2v) is 5.52. The average Bonchev–Trinajstić information content (AvgIpc) is 2.47. The van der Waals surface area contributed by atoms with Gasteiger partial charge in [0, 0.05) is 5.02 Å². The summed E-state index contributed by atoms with van der Waals surface area (Å²) < 4.78 is 5.19. The number of nitrogens with one attached hydrogen (secondary N) is 2. The Balaban J connectivity index is 2.03. The first-order chi connectivity index (χ1) is 10.5. The standard InChI is InChI=1S/C16H16Cl2N2O2/c1-10-4-3-5-12(18)16(10)19-9-15(21)20-13-8-11(17)6-7-14(13)22-2/h3-8,19H,9H2,1-2H3,(H,20,21). The first-order valence-corrected chi connectivity index (χ1v) is 7.39. The van der Waals surface area contributed by atoms with Crippen LogP contribution in [0.15, 0.2) is 36.4 Å². The quantitative estimate of drug-likeness (QED) is 0.851. The number of carbonyl (C=O) groups is 1. The van der Waals surface area contributed by atoms with E-state index in [1.165, 1.54) is 7.11 Å². The fourth-order valence-electron chi connectivity index (χ4n) is 2.00. The summed E-state index contributed by atoms with van der Waals surface area (Å²) in [7, 11) is 1.53. The van der Waals surface area contributed by atoms with Gasteiger partial charge in [-0.2, -0.15) is 0 Å². The summed E-state index contributed by atoms with van der Waals surface area (Å²) in [6.45, 7) is 2.01. The van der Waals surface area contributed by atoms with Gasteiger partial charge in [-0.05, 0) is 36.8 Å². The Bertz CT molecular complexity index is 670. The highest BCUT2D eigenvalue weighted by molar-refractivity contribution is 6.33. The van der Waals surface area contributed by atoms with Gasteiger partial charge in [0.05, 0.1) is 30.1 Å². The Labute approximate surface area is 139 Å². The predicted molar refractivity (Wildman–Crippen MR) is 91.3 cm³/mol. The lowest BCUT2D eigenvalue weighted by molar-refractivity contribution is -0.114. The minimum Gasteiger partial charge on any atom is -0.495 e. The molecule has 2 rings (SSSR count). The van der Waals surface area contributed by atoms with Crippen molar-refractivity contribution >= 4 is 40.5 Å². The van der Waals surface area contributed by atoms with Crippen LogP contribution >= 0.6 is 23.2 Å². The summed E-state index contributed by atoms with van der Waals surface area (Å²) in [6, 6.07) is 10.6. The van der Waals surface area contributed by atoms with Crippen molar-refractivity contribution < 1.29 is 9.53 Å². The molecular weight excluding hydrogens is 323 g/mol. The van der Waals surface area contributed by atoms with Gasteiger partial charge < -0.3 is 15.4 Å². The minimum atomic E-state index is -0.222. The third kappa shape index (κ3) is 4.06. The van der Waals surface area contributed by atoms with Crippen molar-refractivity contribution in [2.24, 2.45) is 0 Å². The monoisotopic (exact) mass is 338 g/mol. The molecule has 0 unspecified atom stereocenters. The molecule has 2 N–H and O–H groups in total. The van der Waals surface area contributed by atoms with Crippen LogP contribution in [0.5, 0.6) is 5.75 Å². The summed E-state index contributed by atoms with van der Waals surface area (Å²) in [5.41, 5.74) is 2.25. The van der Waals surface area contributed by atoms with Crippen LogP contribution in [0.2, 0.25) is 10.0 Å². The van der Waals surface area contributed by atoms with Crippen LogP contribution in [0, 0.1) is 6.92 Å². The van der Waals surface area contributed by atoms with Gasteiger partial charge in [0.15, 0.2) is 0 Å². The Morgan fingerprint density at radius 1 is 1.23 bits per heavy atom. The van der Waals surface area contributed by atoms with Crippen LogP contribution in [0.4, 0.5) is 11.4 Å². The topological polar surface area (TPSA) is 50.4 Å². The van der Waals surface area contributed by atoms with Gasteiger partial charge in [0.1, 0.15) is 5.75 Å². The van der Waals surface area contributed by atoms with Gasteiger partial charge in [-0.25, -0.2) is 0 Å². The number of carbonyl (C=O) groups excluding carboxylic acids is 1. The number of halogens is 2. The summed E-state index contributed by atoms with van der Waals surface area (Å²) in [4.78, 5) is 12.1. The Morgan fingerprint density at radius 3 is 2.68 bits per heavy atom. The van der Waals surface area contributed by atoms with Crippen LogP contribution in [0.25, 0.3) is 0 Å². The molecule has 22 heavy (non-hydrogen) atoms. The van der Waals surface area contributed by atoms with Gasteiger partial charge in [-0.1, -0.05) is 35.3 Å². The maximum atomic E-state index is 12.1. The molecule has 2 aromatic carbocycles. The van der Waals surface area contributed by atoms with E-state index >= 15 is 0 Å². The van der Waals surface area contributed by atoms with Crippen molar-refractivity contribution in [3.8, 4) is 5.75 Å². The number of anilines is 2. The second kappa shape index (κ2) is 7.38. The van der Waals surface area contributed by atoms with Crippen LogP contribution < -0.4 is 15.4 Å². The van der Waals surface area contributed by atoms with E-state index < -0.39 is 0 Å². The van der Waals surface area contributed by atoms with E-state index in [1.54, 1.807) is 24.3 Å². The van der Waals surface area contributed by atoms with Crippen LogP contribution in [0.3, 0.4) is 0 Å². The van der Waals surface area contributed by atoms with Gasteiger partial charge in [0.2, 0.25) is 5.91 Å². The Morgan fingerprint density at radius 2 is 2.00 bits per heavy atom. The number of para-hydroxylation sites is 1. The maximum absolute atomic E-state index is 12.1. The van der Waals surface area contributed by atoms with Crippen molar-refractivity contribution in [1.82, 2.24) is 0 Å². The molecule has 0 radical (unpaired) electrons. The highest BCUT2D eigenvalue weighted by Gasteiger charge is 2.10. The van der Waals surface area contributed by atoms with Gasteiger partial charge in [0.25, 0.3) is 0 Å². The van der Waals surface area contributed by atoms with Crippen molar-refractivity contribution in [2.75, 3.05) is 24.3 Å². The molecule has 2 aromatic rings. The third-order valence-electron chi connectivity index (χ3n) is 3.08. The first kappa shape index (κ1) is 16.5. The van der Waals surface area contributed by atoms with Gasteiger partial charge in [-0.15, -0.1) is 0 Å². The van der Waals surface area contributed by atoms with Crippen molar-refractivity contribution in [2.45, 2.75) is 6.92 Å². The molecule has 0 spiro atoms. The van der Waals surface area contributed by atoms with E-state index in [2.05, 4.69) is 10.6 Å². The van der Waals surface area contributed by atoms with Gasteiger partial charge >= 0.3 is 0 Å². The molecular formula is C16H16Cl2N2O2. The molecule has 0 aromatic heterocycles. The summed E-state index contributed by atoms with van der Waals surface area (Å²) in [6.07, 6.45) is 0. The van der Waals surface area contributed by atoms with E-state index in [0.717, 1.165) is 11.3 Å². The number of hydrogen-bond acceptors (Lipinski definition) is 3. The number of ether oxygens (including phenoxy) is 1. The highest BCUT2D eigenvalue weighted by Crippen LogP contribution is 2.28. The largest absolute Gasteiger partial charge is 0.495 e. The molecule has 0 saturated carbocycles. The van der Waals surface area contributed by atoms with Crippen molar-refractivity contribution in [1.29, 1.82) is 0 Å². The third-order valence-corrected chi connectivity index (χ3v) is 3.63. The molecule has 0 aliphatic heterocycles. The Kier molecular flexibility index (Phi) is 5.52. The lowest BCUT2D eigenvalue weighted by Crippen LogP contribution is -2.22. The molecule has 0 atom stereocenters. The lowest BCUT2D eigenvalue weighted by atomic mass is 10.2. The fraction of sp³-hybridized carbons (Fsp3) is 0.188. The first-order valence-electron chi connectivity index (χ1n) is 6.63. The SMILES string of the molecule is COc1ccc(Cl)cc1NC(=O)CNc1c(C)cccc1Cl. The molecule has 1 amide bonds. The van der Waals surface area contributed by atoms with E-state index in [1.807, 2.05) is 19.1 Å². The van der Waals surface area contributed by atoms with Crippen LogP contribution in [0.1, 0.15) is 5.56 Å². The molecule has 4 nitrogen and oxygen atoms in total. The smallest absolute Gasteiger partial charge is 0.243 e. The number of hydrogen-bond donors (Lipinski definition) is 2. The second-order valence-electron chi connectivity index (χ2n) is 4.68. The number of benzene rings is 2. The van der Waals surface area contributed by atoms with Crippen molar-refractivity contribution in [3.05, 3.63) is 52.0 Å². The molecule has 0 heterocycles. The highest BCUT2D eigenvalue weighted by atomic mass is 35.5. The maximum Gasteiger partial charge on any atom is 0.243 e. The zero-order valence-electron chi connectivity index (χ0n) is 12.2. The molecule has 116 valence electrons. The molecule has 0 fully saturated rings. The average molecular weight is 339 g/mol.